The molecule has 6 N–H and O–H groups in total. The molecular weight excluding hydrogens is 298 g/mol. The van der Waals surface area contributed by atoms with Gasteiger partial charge in [0.15, 0.2) is 0 Å². The van der Waals surface area contributed by atoms with Crippen LogP contribution < -0.4 is 16.4 Å². The van der Waals surface area contributed by atoms with Crippen molar-refractivity contribution in [2.45, 2.75) is 6.04 Å². The van der Waals surface area contributed by atoms with Crippen molar-refractivity contribution in [2.75, 3.05) is 17.2 Å². The number of carbonyl (C=O) groups is 2. The number of carboxylic acid groups (broad SMARTS) is 1. The molecule has 0 heterocycles. The fourth-order valence-corrected chi connectivity index (χ4v) is 2.00. The molecule has 0 radical (unpaired) electrons. The first-order chi connectivity index (χ1) is 11.0. The molecule has 1 atom stereocenters. The van der Waals surface area contributed by atoms with Crippen LogP contribution in [0, 0.1) is 0 Å². The van der Waals surface area contributed by atoms with Crippen LogP contribution >= 0.6 is 0 Å². The maximum absolute atomic E-state index is 12.2. The Kier molecular flexibility index (Phi) is 5.29. The topological polar surface area (TPSA) is 125 Å². The molecule has 0 saturated carbocycles. The molecule has 7 heteroatoms. The summed E-state index contributed by atoms with van der Waals surface area (Å²) in [6.45, 7) is -0.181. The second-order valence-corrected chi connectivity index (χ2v) is 4.84. The Morgan fingerprint density at radius 2 is 1.57 bits per heavy atom. The van der Waals surface area contributed by atoms with E-state index < -0.39 is 12.1 Å². The van der Waals surface area contributed by atoms with Crippen molar-refractivity contribution < 1.29 is 19.8 Å². The molecule has 120 valence electrons. The van der Waals surface area contributed by atoms with Crippen LogP contribution in [-0.4, -0.2) is 28.8 Å². The number of para-hydroxylation sites is 2. The van der Waals surface area contributed by atoms with Crippen LogP contribution in [0.1, 0.15) is 22.0 Å². The number of hydrogen-bond acceptors (Lipinski definition) is 4. The molecule has 2 aromatic carbocycles. The summed E-state index contributed by atoms with van der Waals surface area (Å²) in [5.41, 5.74) is 7.45. The first kappa shape index (κ1) is 16.5. The van der Waals surface area contributed by atoms with Crippen LogP contribution in [0.25, 0.3) is 0 Å². The lowest BCUT2D eigenvalue weighted by atomic mass is 10.1. The van der Waals surface area contributed by atoms with Gasteiger partial charge < -0.3 is 21.3 Å². The van der Waals surface area contributed by atoms with Gasteiger partial charge in [0, 0.05) is 5.56 Å². The molecule has 0 spiro atoms. The van der Waals surface area contributed by atoms with Crippen molar-refractivity contribution >= 4 is 23.4 Å². The SMILES string of the molecule is NC(CO)c1ccc(C(=O)Nc2ccccc2NC(=O)O)cc1. The molecule has 1 unspecified atom stereocenters. The monoisotopic (exact) mass is 315 g/mol. The third-order valence-corrected chi connectivity index (χ3v) is 3.21. The first-order valence-electron chi connectivity index (χ1n) is 6.88. The van der Waals surface area contributed by atoms with E-state index in [1.807, 2.05) is 0 Å². The number of aliphatic hydroxyl groups excluding tert-OH is 1. The molecule has 0 aliphatic rings. The van der Waals surface area contributed by atoms with Gasteiger partial charge in [-0.1, -0.05) is 24.3 Å². The van der Waals surface area contributed by atoms with E-state index in [1.165, 1.54) is 0 Å². The number of carbonyl (C=O) groups excluding carboxylic acids is 1. The van der Waals surface area contributed by atoms with E-state index in [0.29, 0.717) is 11.3 Å². The fourth-order valence-electron chi connectivity index (χ4n) is 2.00. The molecule has 0 aliphatic heterocycles. The number of benzene rings is 2. The quantitative estimate of drug-likeness (QED) is 0.577. The second-order valence-electron chi connectivity index (χ2n) is 4.84. The van der Waals surface area contributed by atoms with E-state index in [-0.39, 0.29) is 18.2 Å². The van der Waals surface area contributed by atoms with Gasteiger partial charge >= 0.3 is 6.09 Å². The Morgan fingerprint density at radius 1 is 1.00 bits per heavy atom. The van der Waals surface area contributed by atoms with Gasteiger partial charge in [-0.05, 0) is 29.8 Å². The zero-order valence-electron chi connectivity index (χ0n) is 12.2. The smallest absolute Gasteiger partial charge is 0.409 e. The summed E-state index contributed by atoms with van der Waals surface area (Å²) in [6.07, 6.45) is -1.21. The van der Waals surface area contributed by atoms with Crippen LogP contribution in [0.15, 0.2) is 48.5 Å². The Morgan fingerprint density at radius 3 is 2.09 bits per heavy atom. The third kappa shape index (κ3) is 4.29. The Hall–Kier alpha value is -2.90. The maximum Gasteiger partial charge on any atom is 0.409 e. The number of anilines is 2. The van der Waals surface area contributed by atoms with Gasteiger partial charge in [0.1, 0.15) is 0 Å². The van der Waals surface area contributed by atoms with Gasteiger partial charge in [-0.3, -0.25) is 10.1 Å². The predicted molar refractivity (Wildman–Crippen MR) is 86.5 cm³/mol. The van der Waals surface area contributed by atoms with Crippen molar-refractivity contribution in [3.8, 4) is 0 Å². The minimum atomic E-state index is -1.21. The highest BCUT2D eigenvalue weighted by atomic mass is 16.4. The van der Waals surface area contributed by atoms with E-state index in [2.05, 4.69) is 10.6 Å². The summed E-state index contributed by atoms with van der Waals surface area (Å²) < 4.78 is 0. The number of rotatable bonds is 5. The summed E-state index contributed by atoms with van der Waals surface area (Å²) in [5.74, 6) is -0.381. The molecule has 0 aliphatic carbocycles. The molecule has 7 nitrogen and oxygen atoms in total. The predicted octanol–water partition coefficient (Wildman–Crippen LogP) is 2.02. The van der Waals surface area contributed by atoms with Crippen LogP contribution in [-0.2, 0) is 0 Å². The summed E-state index contributed by atoms with van der Waals surface area (Å²) >= 11 is 0. The van der Waals surface area contributed by atoms with Gasteiger partial charge in [-0.25, -0.2) is 4.79 Å². The van der Waals surface area contributed by atoms with Crippen LogP contribution in [0.3, 0.4) is 0 Å². The molecule has 0 saturated heterocycles. The highest BCUT2D eigenvalue weighted by Crippen LogP contribution is 2.22. The minimum Gasteiger partial charge on any atom is -0.465 e. The van der Waals surface area contributed by atoms with Gasteiger partial charge in [0.2, 0.25) is 0 Å². The lowest BCUT2D eigenvalue weighted by molar-refractivity contribution is 0.102. The summed E-state index contributed by atoms with van der Waals surface area (Å²) in [6, 6.07) is 12.5. The largest absolute Gasteiger partial charge is 0.465 e. The second kappa shape index (κ2) is 7.39. The standard InChI is InChI=1S/C16H17N3O4/c17-12(9-20)10-5-7-11(8-6-10)15(21)18-13-3-1-2-4-14(13)19-16(22)23/h1-8,12,19-20H,9,17H2,(H,18,21)(H,22,23). The molecule has 0 fully saturated rings. The van der Waals surface area contributed by atoms with Crippen molar-refractivity contribution in [1.82, 2.24) is 0 Å². The van der Waals surface area contributed by atoms with E-state index >= 15 is 0 Å². The van der Waals surface area contributed by atoms with E-state index in [9.17, 15) is 9.59 Å². The van der Waals surface area contributed by atoms with Crippen molar-refractivity contribution in [3.05, 3.63) is 59.7 Å². The molecule has 2 rings (SSSR count). The van der Waals surface area contributed by atoms with Crippen molar-refractivity contribution in [3.63, 3.8) is 0 Å². The average Bonchev–Trinajstić information content (AvgIpc) is 2.55. The van der Waals surface area contributed by atoms with Crippen molar-refractivity contribution in [2.24, 2.45) is 5.73 Å². The first-order valence-corrected chi connectivity index (χ1v) is 6.88. The van der Waals surface area contributed by atoms with Crippen molar-refractivity contribution in [1.29, 1.82) is 0 Å². The zero-order chi connectivity index (χ0) is 16.8. The minimum absolute atomic E-state index is 0.181. The highest BCUT2D eigenvalue weighted by Gasteiger charge is 2.11. The summed E-state index contributed by atoms with van der Waals surface area (Å²) in [4.78, 5) is 23.0. The lowest BCUT2D eigenvalue weighted by Gasteiger charge is -2.12. The molecule has 23 heavy (non-hydrogen) atoms. The maximum atomic E-state index is 12.2. The Labute approximate surface area is 132 Å². The third-order valence-electron chi connectivity index (χ3n) is 3.21. The number of nitrogens with one attached hydrogen (secondary N) is 2. The zero-order valence-corrected chi connectivity index (χ0v) is 12.2. The number of amides is 2. The average molecular weight is 315 g/mol. The molecular formula is C16H17N3O4. The van der Waals surface area contributed by atoms with Crippen LogP contribution in [0.2, 0.25) is 0 Å². The normalized spacial score (nSPS) is 11.6. The molecule has 2 aromatic rings. The Balaban J connectivity index is 2.15. The molecule has 0 bridgehead atoms. The van der Waals surface area contributed by atoms with Gasteiger partial charge in [-0.2, -0.15) is 0 Å². The number of aliphatic hydroxyl groups is 1. The summed E-state index contributed by atoms with van der Waals surface area (Å²) in [7, 11) is 0. The number of nitrogens with two attached hydrogens (primary N) is 1. The molecule has 0 aromatic heterocycles. The van der Waals surface area contributed by atoms with E-state index in [0.717, 1.165) is 5.56 Å². The van der Waals surface area contributed by atoms with Gasteiger partial charge in [0.05, 0.1) is 24.0 Å². The number of hydrogen-bond donors (Lipinski definition) is 5. The molecule has 2 amide bonds. The van der Waals surface area contributed by atoms with E-state index in [4.69, 9.17) is 15.9 Å². The van der Waals surface area contributed by atoms with Crippen LogP contribution in [0.4, 0.5) is 16.2 Å². The summed E-state index contributed by atoms with van der Waals surface area (Å²) in [5, 5.41) is 22.7. The van der Waals surface area contributed by atoms with Gasteiger partial charge in [0.25, 0.3) is 5.91 Å². The highest BCUT2D eigenvalue weighted by molar-refractivity contribution is 6.06. The Bertz CT molecular complexity index is 701. The van der Waals surface area contributed by atoms with Gasteiger partial charge in [-0.15, -0.1) is 0 Å². The van der Waals surface area contributed by atoms with Crippen LogP contribution in [0.5, 0.6) is 0 Å². The van der Waals surface area contributed by atoms with E-state index in [1.54, 1.807) is 48.5 Å². The lowest BCUT2D eigenvalue weighted by Crippen LogP contribution is -2.17. The fraction of sp³-hybridized carbons (Fsp3) is 0.125.